The van der Waals surface area contributed by atoms with Crippen molar-refractivity contribution < 1.29 is 23.5 Å². The highest BCUT2D eigenvalue weighted by Crippen LogP contribution is 2.19. The number of ketones is 1. The zero-order valence-corrected chi connectivity index (χ0v) is 16.2. The first-order valence-electron chi connectivity index (χ1n) is 9.02. The fourth-order valence-electron chi connectivity index (χ4n) is 3.01. The van der Waals surface area contributed by atoms with Gasteiger partial charge in [0, 0.05) is 17.0 Å². The van der Waals surface area contributed by atoms with Crippen molar-refractivity contribution in [3.05, 3.63) is 77.0 Å². The molecule has 0 unspecified atom stereocenters. The predicted molar refractivity (Wildman–Crippen MR) is 104 cm³/mol. The minimum atomic E-state index is -0.582. The van der Waals surface area contributed by atoms with Crippen LogP contribution in [0.1, 0.15) is 33.1 Å². The molecule has 0 atom stereocenters. The summed E-state index contributed by atoms with van der Waals surface area (Å²) in [6.07, 6.45) is 1.62. The predicted octanol–water partition coefficient (Wildman–Crippen LogP) is 3.86. The van der Waals surface area contributed by atoms with Crippen molar-refractivity contribution in [1.29, 1.82) is 0 Å². The van der Waals surface area contributed by atoms with Gasteiger partial charge in [-0.1, -0.05) is 18.2 Å². The molecule has 28 heavy (non-hydrogen) atoms. The molecule has 0 fully saturated rings. The van der Waals surface area contributed by atoms with E-state index >= 15 is 0 Å². The Bertz CT molecular complexity index is 969. The lowest BCUT2D eigenvalue weighted by atomic mass is 10.1. The van der Waals surface area contributed by atoms with Crippen LogP contribution in [-0.2, 0) is 16.1 Å². The van der Waals surface area contributed by atoms with Gasteiger partial charge in [0.25, 0.3) is 0 Å². The molecule has 0 aliphatic heterocycles. The van der Waals surface area contributed by atoms with Gasteiger partial charge in [-0.2, -0.15) is 0 Å². The summed E-state index contributed by atoms with van der Waals surface area (Å²) in [5, 5.41) is 0. The van der Waals surface area contributed by atoms with Crippen molar-refractivity contribution in [3.8, 4) is 5.75 Å². The lowest BCUT2D eigenvalue weighted by molar-refractivity contribution is -0.144. The van der Waals surface area contributed by atoms with Gasteiger partial charge in [-0.25, -0.2) is 4.79 Å². The van der Waals surface area contributed by atoms with E-state index in [0.29, 0.717) is 17.9 Å². The molecule has 0 aliphatic rings. The minimum absolute atomic E-state index is 0.240. The first-order valence-corrected chi connectivity index (χ1v) is 9.02. The molecule has 0 saturated carbocycles. The molecule has 2 aromatic heterocycles. The van der Waals surface area contributed by atoms with Gasteiger partial charge in [0.2, 0.25) is 5.78 Å². The number of carbonyl (C=O) groups is 2. The molecule has 146 valence electrons. The Morgan fingerprint density at radius 2 is 1.82 bits per heavy atom. The van der Waals surface area contributed by atoms with Gasteiger partial charge in [0.15, 0.2) is 13.2 Å². The largest absolute Gasteiger partial charge is 0.482 e. The fraction of sp³-hybridized carbons (Fsp3) is 0.273. The molecule has 1 aromatic carbocycles. The maximum atomic E-state index is 12.5. The van der Waals surface area contributed by atoms with Gasteiger partial charge in [0.1, 0.15) is 11.5 Å². The van der Waals surface area contributed by atoms with Crippen LogP contribution in [0.2, 0.25) is 0 Å². The van der Waals surface area contributed by atoms with E-state index in [2.05, 4.69) is 0 Å². The van der Waals surface area contributed by atoms with E-state index in [1.165, 1.54) is 0 Å². The first-order chi connectivity index (χ1) is 13.5. The molecule has 2 heterocycles. The van der Waals surface area contributed by atoms with Gasteiger partial charge in [-0.3, -0.25) is 4.79 Å². The lowest BCUT2D eigenvalue weighted by Crippen LogP contribution is -2.20. The number of carbonyl (C=O) groups excluding carboxylic acids is 2. The highest BCUT2D eigenvalue weighted by atomic mass is 16.6. The number of nitrogens with zero attached hydrogens (tertiary/aromatic N) is 1. The van der Waals surface area contributed by atoms with Crippen LogP contribution in [0.5, 0.6) is 5.75 Å². The number of esters is 1. The second-order valence-electron chi connectivity index (χ2n) is 6.59. The Balaban J connectivity index is 1.56. The van der Waals surface area contributed by atoms with Crippen molar-refractivity contribution in [1.82, 2.24) is 4.57 Å². The molecule has 3 rings (SSSR count). The first kappa shape index (κ1) is 19.5. The number of aromatic nitrogens is 1. The molecule has 3 aromatic rings. The van der Waals surface area contributed by atoms with E-state index in [-0.39, 0.29) is 19.0 Å². The number of benzene rings is 1. The number of ether oxygens (including phenoxy) is 2. The van der Waals surface area contributed by atoms with Crippen LogP contribution < -0.4 is 4.74 Å². The molecule has 0 bridgehead atoms. The molecule has 0 saturated heterocycles. The number of para-hydroxylation sites is 1. The third-order valence-electron chi connectivity index (χ3n) is 4.57. The Morgan fingerprint density at radius 1 is 1.04 bits per heavy atom. The topological polar surface area (TPSA) is 70.7 Å². The van der Waals surface area contributed by atoms with E-state index in [4.69, 9.17) is 13.9 Å². The molecular weight excluding hydrogens is 358 g/mol. The van der Waals surface area contributed by atoms with E-state index in [1.54, 1.807) is 18.4 Å². The van der Waals surface area contributed by atoms with Crippen molar-refractivity contribution in [2.24, 2.45) is 0 Å². The Kier molecular flexibility index (Phi) is 5.99. The second kappa shape index (κ2) is 8.61. The van der Waals surface area contributed by atoms with E-state index in [0.717, 1.165) is 22.7 Å². The lowest BCUT2D eigenvalue weighted by Gasteiger charge is -2.09. The van der Waals surface area contributed by atoms with Crippen LogP contribution in [0.25, 0.3) is 0 Å². The molecule has 6 nitrogen and oxygen atoms in total. The van der Waals surface area contributed by atoms with E-state index < -0.39 is 5.97 Å². The number of Topliss-reactive ketones (excluding diaryl/α,β-unsaturated/α-hetero) is 1. The maximum absolute atomic E-state index is 12.5. The van der Waals surface area contributed by atoms with Gasteiger partial charge in [-0.15, -0.1) is 0 Å². The highest BCUT2D eigenvalue weighted by Gasteiger charge is 2.18. The Morgan fingerprint density at radius 3 is 2.54 bits per heavy atom. The highest BCUT2D eigenvalue weighted by molar-refractivity contribution is 5.99. The second-order valence-corrected chi connectivity index (χ2v) is 6.59. The van der Waals surface area contributed by atoms with Crippen molar-refractivity contribution in [2.75, 3.05) is 13.2 Å². The molecule has 0 radical (unpaired) electrons. The van der Waals surface area contributed by atoms with E-state index in [9.17, 15) is 9.59 Å². The summed E-state index contributed by atoms with van der Waals surface area (Å²) >= 11 is 0. The Labute approximate surface area is 163 Å². The molecule has 0 aliphatic carbocycles. The van der Waals surface area contributed by atoms with Crippen LogP contribution in [0, 0.1) is 20.8 Å². The monoisotopic (exact) mass is 381 g/mol. The standard InChI is InChI=1S/C22H23NO5/c1-15-7-4-5-9-21(15)27-14-22(25)28-13-20(24)19-11-16(2)23(17(19)3)12-18-8-6-10-26-18/h4-11H,12-14H2,1-3H3. The average molecular weight is 381 g/mol. The number of rotatable bonds is 8. The number of aryl methyl sites for hydroxylation is 2. The summed E-state index contributed by atoms with van der Waals surface area (Å²) in [5.74, 6) is 0.594. The molecule has 0 N–H and O–H groups in total. The quantitative estimate of drug-likeness (QED) is 0.438. The zero-order chi connectivity index (χ0) is 20.1. The summed E-state index contributed by atoms with van der Waals surface area (Å²) < 4.78 is 17.9. The Hall–Kier alpha value is -3.28. The summed E-state index contributed by atoms with van der Waals surface area (Å²) in [6, 6.07) is 12.9. The van der Waals surface area contributed by atoms with Crippen molar-refractivity contribution in [3.63, 3.8) is 0 Å². The fourth-order valence-corrected chi connectivity index (χ4v) is 3.01. The normalized spacial score (nSPS) is 10.7. The zero-order valence-electron chi connectivity index (χ0n) is 16.2. The average Bonchev–Trinajstić information content (AvgIpc) is 3.29. The van der Waals surface area contributed by atoms with Gasteiger partial charge >= 0.3 is 5.97 Å². The van der Waals surface area contributed by atoms with Crippen LogP contribution in [-0.4, -0.2) is 29.5 Å². The van der Waals surface area contributed by atoms with Crippen LogP contribution >= 0.6 is 0 Å². The summed E-state index contributed by atoms with van der Waals surface area (Å²) in [5.41, 5.74) is 3.21. The SMILES string of the molecule is Cc1ccccc1OCC(=O)OCC(=O)c1cc(C)n(Cc2ccco2)c1C. The maximum Gasteiger partial charge on any atom is 0.344 e. The molecule has 0 spiro atoms. The van der Waals surface area contributed by atoms with Crippen LogP contribution in [0.3, 0.4) is 0 Å². The third kappa shape index (κ3) is 4.52. The smallest absolute Gasteiger partial charge is 0.344 e. The summed E-state index contributed by atoms with van der Waals surface area (Å²) in [7, 11) is 0. The van der Waals surface area contributed by atoms with Gasteiger partial charge in [-0.05, 0) is 50.6 Å². The van der Waals surface area contributed by atoms with Crippen LogP contribution in [0.4, 0.5) is 0 Å². The number of hydrogen-bond acceptors (Lipinski definition) is 5. The third-order valence-corrected chi connectivity index (χ3v) is 4.57. The van der Waals surface area contributed by atoms with E-state index in [1.807, 2.05) is 55.7 Å². The van der Waals surface area contributed by atoms with Gasteiger partial charge < -0.3 is 18.5 Å². The summed E-state index contributed by atoms with van der Waals surface area (Å²) in [6.45, 7) is 5.67. The van der Waals surface area contributed by atoms with Crippen LogP contribution in [0.15, 0.2) is 53.1 Å². The number of furan rings is 1. The minimum Gasteiger partial charge on any atom is -0.482 e. The molecule has 0 amide bonds. The molecule has 6 heteroatoms. The number of hydrogen-bond donors (Lipinski definition) is 0. The van der Waals surface area contributed by atoms with Crippen molar-refractivity contribution >= 4 is 11.8 Å². The van der Waals surface area contributed by atoms with Crippen molar-refractivity contribution in [2.45, 2.75) is 27.3 Å². The summed E-state index contributed by atoms with van der Waals surface area (Å²) in [4.78, 5) is 24.4. The molecular formula is C22H23NO5. The van der Waals surface area contributed by atoms with Gasteiger partial charge in [0.05, 0.1) is 12.8 Å².